The number of para-hydroxylation sites is 1. The summed E-state index contributed by atoms with van der Waals surface area (Å²) < 4.78 is 5.70. The molecular formula is C15H21ClN2O2. The number of benzene rings is 1. The first kappa shape index (κ1) is 15.1. The Bertz CT molecular complexity index is 467. The van der Waals surface area contributed by atoms with E-state index in [1.807, 2.05) is 24.1 Å². The molecule has 4 nitrogen and oxygen atoms in total. The number of nitrogens with zero attached hydrogens (tertiary/aromatic N) is 1. The van der Waals surface area contributed by atoms with Crippen molar-refractivity contribution in [2.24, 2.45) is 0 Å². The van der Waals surface area contributed by atoms with Crippen molar-refractivity contribution in [1.29, 1.82) is 0 Å². The number of amides is 1. The molecule has 1 aromatic rings. The second kappa shape index (κ2) is 6.95. The lowest BCUT2D eigenvalue weighted by molar-refractivity contribution is -0.138. The van der Waals surface area contributed by atoms with Gasteiger partial charge in [-0.15, -0.1) is 0 Å². The standard InChI is InChI=1S/C15H21ClN2O2/c1-11(20-14-8-4-3-7-13(14)16)15(19)18-9-5-6-12(18)10-17-2/h3-4,7-8,11-12,17H,5-6,9-10H2,1-2H3/t11-,12+/m0/s1. The van der Waals surface area contributed by atoms with Crippen LogP contribution in [0.15, 0.2) is 24.3 Å². The van der Waals surface area contributed by atoms with Crippen LogP contribution in [0.25, 0.3) is 0 Å². The molecule has 1 amide bonds. The molecule has 2 rings (SSSR count). The molecule has 0 radical (unpaired) electrons. The van der Waals surface area contributed by atoms with E-state index in [1.165, 1.54) is 0 Å². The highest BCUT2D eigenvalue weighted by atomic mass is 35.5. The van der Waals surface area contributed by atoms with Crippen molar-refractivity contribution in [3.8, 4) is 5.75 Å². The predicted octanol–water partition coefficient (Wildman–Crippen LogP) is 2.32. The van der Waals surface area contributed by atoms with Gasteiger partial charge in [-0.3, -0.25) is 4.79 Å². The van der Waals surface area contributed by atoms with Crippen molar-refractivity contribution >= 4 is 17.5 Å². The molecule has 1 aromatic carbocycles. The molecule has 1 heterocycles. The summed E-state index contributed by atoms with van der Waals surface area (Å²) >= 11 is 6.05. The van der Waals surface area contributed by atoms with Crippen LogP contribution in [0.5, 0.6) is 5.75 Å². The molecule has 20 heavy (non-hydrogen) atoms. The Morgan fingerprint density at radius 2 is 2.30 bits per heavy atom. The second-order valence-corrected chi connectivity index (χ2v) is 5.48. The summed E-state index contributed by atoms with van der Waals surface area (Å²) in [6.45, 7) is 3.41. The van der Waals surface area contributed by atoms with Crippen LogP contribution in [0.1, 0.15) is 19.8 Å². The highest BCUT2D eigenvalue weighted by Crippen LogP contribution is 2.25. The van der Waals surface area contributed by atoms with Crippen LogP contribution in [-0.4, -0.2) is 43.1 Å². The molecule has 0 bridgehead atoms. The van der Waals surface area contributed by atoms with E-state index in [2.05, 4.69) is 5.32 Å². The molecule has 0 aromatic heterocycles. The maximum atomic E-state index is 12.5. The Hall–Kier alpha value is -1.26. The minimum absolute atomic E-state index is 0.0302. The Kier molecular flexibility index (Phi) is 5.26. The number of hydrogen-bond donors (Lipinski definition) is 1. The third-order valence-electron chi connectivity index (χ3n) is 3.59. The monoisotopic (exact) mass is 296 g/mol. The fourth-order valence-corrected chi connectivity index (χ4v) is 2.77. The average Bonchev–Trinajstić information content (AvgIpc) is 2.89. The van der Waals surface area contributed by atoms with Gasteiger partial charge in [0.25, 0.3) is 5.91 Å². The highest BCUT2D eigenvalue weighted by Gasteiger charge is 2.31. The van der Waals surface area contributed by atoms with Gasteiger partial charge in [0.05, 0.1) is 5.02 Å². The first-order valence-electron chi connectivity index (χ1n) is 6.99. The molecule has 1 saturated heterocycles. The van der Waals surface area contributed by atoms with Crippen molar-refractivity contribution in [1.82, 2.24) is 10.2 Å². The van der Waals surface area contributed by atoms with Gasteiger partial charge in [-0.1, -0.05) is 23.7 Å². The van der Waals surface area contributed by atoms with Gasteiger partial charge in [-0.25, -0.2) is 0 Å². The minimum atomic E-state index is -0.521. The zero-order valence-electron chi connectivity index (χ0n) is 11.9. The van der Waals surface area contributed by atoms with Crippen LogP contribution in [0, 0.1) is 0 Å². The lowest BCUT2D eigenvalue weighted by Gasteiger charge is -2.27. The van der Waals surface area contributed by atoms with Crippen LogP contribution >= 0.6 is 11.6 Å². The Balaban J connectivity index is 2.00. The van der Waals surface area contributed by atoms with Gasteiger partial charge in [-0.2, -0.15) is 0 Å². The number of rotatable bonds is 5. The molecule has 1 aliphatic heterocycles. The van der Waals surface area contributed by atoms with E-state index in [0.29, 0.717) is 10.8 Å². The van der Waals surface area contributed by atoms with Gasteiger partial charge in [0.15, 0.2) is 6.10 Å². The van der Waals surface area contributed by atoms with E-state index in [-0.39, 0.29) is 11.9 Å². The number of hydrogen-bond acceptors (Lipinski definition) is 3. The number of halogens is 1. The minimum Gasteiger partial charge on any atom is -0.479 e. The number of carbonyl (C=O) groups is 1. The van der Waals surface area contributed by atoms with Crippen molar-refractivity contribution in [2.45, 2.75) is 31.9 Å². The molecule has 1 aliphatic rings. The second-order valence-electron chi connectivity index (χ2n) is 5.08. The molecule has 0 unspecified atom stereocenters. The summed E-state index contributed by atoms with van der Waals surface area (Å²) in [5, 5.41) is 3.66. The lowest BCUT2D eigenvalue weighted by Crippen LogP contribution is -2.46. The summed E-state index contributed by atoms with van der Waals surface area (Å²) in [5.41, 5.74) is 0. The van der Waals surface area contributed by atoms with E-state index in [1.54, 1.807) is 19.1 Å². The zero-order valence-corrected chi connectivity index (χ0v) is 12.7. The summed E-state index contributed by atoms with van der Waals surface area (Å²) in [6.07, 6.45) is 1.58. The van der Waals surface area contributed by atoms with E-state index in [0.717, 1.165) is 25.9 Å². The van der Waals surface area contributed by atoms with E-state index in [4.69, 9.17) is 16.3 Å². The van der Waals surface area contributed by atoms with Gasteiger partial charge >= 0.3 is 0 Å². The molecule has 5 heteroatoms. The maximum absolute atomic E-state index is 12.5. The quantitative estimate of drug-likeness (QED) is 0.907. The number of nitrogens with one attached hydrogen (secondary N) is 1. The smallest absolute Gasteiger partial charge is 0.263 e. The summed E-state index contributed by atoms with van der Waals surface area (Å²) in [5.74, 6) is 0.585. The number of likely N-dealkylation sites (tertiary alicyclic amines) is 1. The molecule has 0 spiro atoms. The highest BCUT2D eigenvalue weighted by molar-refractivity contribution is 6.32. The first-order chi connectivity index (χ1) is 9.63. The van der Waals surface area contributed by atoms with Crippen LogP contribution < -0.4 is 10.1 Å². The summed E-state index contributed by atoms with van der Waals surface area (Å²) in [6, 6.07) is 7.49. The third-order valence-corrected chi connectivity index (χ3v) is 3.90. The Morgan fingerprint density at radius 1 is 1.55 bits per heavy atom. The van der Waals surface area contributed by atoms with Gasteiger partial charge in [-0.05, 0) is 38.9 Å². The molecule has 110 valence electrons. The largest absolute Gasteiger partial charge is 0.479 e. The van der Waals surface area contributed by atoms with Crippen LogP contribution in [0.2, 0.25) is 5.02 Å². The summed E-state index contributed by atoms with van der Waals surface area (Å²) in [4.78, 5) is 14.4. The topological polar surface area (TPSA) is 41.6 Å². The van der Waals surface area contributed by atoms with Crippen LogP contribution in [0.3, 0.4) is 0 Å². The van der Waals surface area contributed by atoms with Crippen LogP contribution in [0.4, 0.5) is 0 Å². The van der Waals surface area contributed by atoms with Gasteiger partial charge < -0.3 is 15.0 Å². The molecule has 2 atom stereocenters. The average molecular weight is 297 g/mol. The Morgan fingerprint density at radius 3 is 3.00 bits per heavy atom. The van der Waals surface area contributed by atoms with E-state index >= 15 is 0 Å². The van der Waals surface area contributed by atoms with Gasteiger partial charge in [0.2, 0.25) is 0 Å². The maximum Gasteiger partial charge on any atom is 0.263 e. The number of ether oxygens (including phenoxy) is 1. The normalized spacial score (nSPS) is 19.9. The van der Waals surface area contributed by atoms with Crippen LogP contribution in [-0.2, 0) is 4.79 Å². The number of likely N-dealkylation sites (N-methyl/N-ethyl adjacent to an activating group) is 1. The number of carbonyl (C=O) groups excluding carboxylic acids is 1. The predicted molar refractivity (Wildman–Crippen MR) is 80.2 cm³/mol. The third kappa shape index (κ3) is 3.44. The SMILES string of the molecule is CNC[C@H]1CCCN1C(=O)[C@H](C)Oc1ccccc1Cl. The van der Waals surface area contributed by atoms with Gasteiger partial charge in [0.1, 0.15) is 5.75 Å². The summed E-state index contributed by atoms with van der Waals surface area (Å²) in [7, 11) is 1.91. The van der Waals surface area contributed by atoms with Crippen molar-refractivity contribution < 1.29 is 9.53 Å². The molecule has 1 fully saturated rings. The van der Waals surface area contributed by atoms with Crippen molar-refractivity contribution in [3.63, 3.8) is 0 Å². The fourth-order valence-electron chi connectivity index (χ4n) is 2.59. The fraction of sp³-hybridized carbons (Fsp3) is 0.533. The van der Waals surface area contributed by atoms with Crippen molar-refractivity contribution in [2.75, 3.05) is 20.1 Å². The van der Waals surface area contributed by atoms with E-state index in [9.17, 15) is 4.79 Å². The van der Waals surface area contributed by atoms with E-state index < -0.39 is 6.10 Å². The first-order valence-corrected chi connectivity index (χ1v) is 7.37. The zero-order chi connectivity index (χ0) is 14.5. The molecule has 0 aliphatic carbocycles. The van der Waals surface area contributed by atoms with Gasteiger partial charge in [0, 0.05) is 19.1 Å². The molecule has 0 saturated carbocycles. The Labute approximate surface area is 125 Å². The molecule has 1 N–H and O–H groups in total. The molecular weight excluding hydrogens is 276 g/mol. The van der Waals surface area contributed by atoms with Crippen molar-refractivity contribution in [3.05, 3.63) is 29.3 Å². The lowest BCUT2D eigenvalue weighted by atomic mass is 10.2.